The zero-order valence-corrected chi connectivity index (χ0v) is 12.0. The van der Waals surface area contributed by atoms with Gasteiger partial charge in [0, 0.05) is 16.6 Å². The maximum atomic E-state index is 5.42. The molecule has 0 radical (unpaired) electrons. The van der Waals surface area contributed by atoms with E-state index in [9.17, 15) is 0 Å². The Balaban J connectivity index is 1.85. The first kappa shape index (κ1) is 12.5. The van der Waals surface area contributed by atoms with Crippen LogP contribution in [0.3, 0.4) is 0 Å². The smallest absolute Gasteiger partial charge is 0.118 e. The average molecular weight is 279 g/mol. The van der Waals surface area contributed by atoms with Crippen LogP contribution in [0.15, 0.2) is 54.6 Å². The number of para-hydroxylation sites is 1. The molecule has 1 fully saturated rings. The molecule has 0 spiro atoms. The molecule has 2 aromatic carbocycles. The number of methoxy groups -OCH3 is 1. The lowest BCUT2D eigenvalue weighted by Gasteiger charge is -2.10. The number of aromatic nitrogens is 1. The lowest BCUT2D eigenvalue weighted by atomic mass is 10.1. The average Bonchev–Trinajstić information content (AvgIpc) is 3.28. The van der Waals surface area contributed by atoms with Gasteiger partial charge in [-0.1, -0.05) is 18.2 Å². The second-order valence-corrected chi connectivity index (χ2v) is 5.38. The monoisotopic (exact) mass is 279 g/mol. The molecule has 2 heterocycles. The highest BCUT2D eigenvalue weighted by Gasteiger charge is 2.25. The van der Waals surface area contributed by atoms with Crippen LogP contribution in [0.2, 0.25) is 0 Å². The van der Waals surface area contributed by atoms with E-state index >= 15 is 0 Å². The summed E-state index contributed by atoms with van der Waals surface area (Å²) >= 11 is 0. The minimum absolute atomic E-state index is 0.359. The fourth-order valence-corrected chi connectivity index (χ4v) is 2.79. The van der Waals surface area contributed by atoms with Gasteiger partial charge in [0.1, 0.15) is 5.75 Å². The second kappa shape index (κ2) is 4.93. The number of benzene rings is 2. The Morgan fingerprint density at radius 3 is 2.62 bits per heavy atom. The Morgan fingerprint density at radius 1 is 1.14 bits per heavy atom. The number of fused-ring (bicyclic) bond motifs is 1. The fourth-order valence-electron chi connectivity index (χ4n) is 2.79. The molecule has 1 aliphatic rings. The van der Waals surface area contributed by atoms with E-state index < -0.39 is 0 Å². The van der Waals surface area contributed by atoms with Crippen molar-refractivity contribution < 1.29 is 9.47 Å². The van der Waals surface area contributed by atoms with Gasteiger partial charge in [-0.3, -0.25) is 0 Å². The van der Waals surface area contributed by atoms with Crippen molar-refractivity contribution in [3.05, 3.63) is 54.6 Å². The van der Waals surface area contributed by atoms with Crippen molar-refractivity contribution in [3.63, 3.8) is 0 Å². The molecule has 0 N–H and O–H groups in total. The van der Waals surface area contributed by atoms with Crippen LogP contribution in [0.5, 0.6) is 5.75 Å². The molecule has 3 nitrogen and oxygen atoms in total. The number of epoxide rings is 1. The molecule has 0 amide bonds. The maximum Gasteiger partial charge on any atom is 0.118 e. The predicted octanol–water partition coefficient (Wildman–Crippen LogP) is 3.72. The summed E-state index contributed by atoms with van der Waals surface area (Å²) in [6.07, 6.45) is 0.359. The molecule has 0 aliphatic carbocycles. The topological polar surface area (TPSA) is 26.7 Å². The highest BCUT2D eigenvalue weighted by Crippen LogP contribution is 2.31. The third-order valence-corrected chi connectivity index (χ3v) is 3.98. The van der Waals surface area contributed by atoms with E-state index in [0.29, 0.717) is 6.10 Å². The van der Waals surface area contributed by atoms with Gasteiger partial charge in [0.05, 0.1) is 26.4 Å². The first-order chi connectivity index (χ1) is 10.3. The van der Waals surface area contributed by atoms with Gasteiger partial charge in [-0.05, 0) is 42.0 Å². The summed E-state index contributed by atoms with van der Waals surface area (Å²) < 4.78 is 13.0. The van der Waals surface area contributed by atoms with E-state index in [1.54, 1.807) is 7.11 Å². The molecule has 1 atom stereocenters. The highest BCUT2D eigenvalue weighted by atomic mass is 16.6. The van der Waals surface area contributed by atoms with Gasteiger partial charge in [-0.2, -0.15) is 0 Å². The zero-order chi connectivity index (χ0) is 14.2. The summed E-state index contributed by atoms with van der Waals surface area (Å²) in [6, 6.07) is 19.0. The number of nitrogens with zero attached hydrogens (tertiary/aromatic N) is 1. The van der Waals surface area contributed by atoms with Crippen LogP contribution in [0.25, 0.3) is 22.2 Å². The summed E-state index contributed by atoms with van der Waals surface area (Å²) in [4.78, 5) is 0. The van der Waals surface area contributed by atoms with Gasteiger partial charge in [-0.25, -0.2) is 0 Å². The second-order valence-electron chi connectivity index (χ2n) is 5.38. The van der Waals surface area contributed by atoms with Crippen LogP contribution < -0.4 is 4.74 Å². The lowest BCUT2D eigenvalue weighted by Crippen LogP contribution is -2.05. The Bertz CT molecular complexity index is 770. The molecule has 3 aromatic rings. The molecule has 4 rings (SSSR count). The van der Waals surface area contributed by atoms with E-state index in [2.05, 4.69) is 47.0 Å². The SMILES string of the molecule is COc1ccc(-c2cc3ccccc3n2C[C@H]2CO2)cc1. The van der Waals surface area contributed by atoms with Crippen LogP contribution in [0.4, 0.5) is 0 Å². The molecular weight excluding hydrogens is 262 g/mol. The molecule has 3 heteroatoms. The Hall–Kier alpha value is -2.26. The normalized spacial score (nSPS) is 17.1. The highest BCUT2D eigenvalue weighted by molar-refractivity contribution is 5.87. The van der Waals surface area contributed by atoms with Gasteiger partial charge in [0.25, 0.3) is 0 Å². The third-order valence-electron chi connectivity index (χ3n) is 3.98. The van der Waals surface area contributed by atoms with E-state index in [4.69, 9.17) is 9.47 Å². The Labute approximate surface area is 123 Å². The summed E-state index contributed by atoms with van der Waals surface area (Å²) in [5.41, 5.74) is 3.70. The summed E-state index contributed by atoms with van der Waals surface area (Å²) in [6.45, 7) is 1.78. The van der Waals surface area contributed by atoms with Gasteiger partial charge >= 0.3 is 0 Å². The molecule has 0 bridgehead atoms. The summed E-state index contributed by atoms with van der Waals surface area (Å²) in [5, 5.41) is 1.27. The van der Waals surface area contributed by atoms with Crippen LogP contribution in [-0.2, 0) is 11.3 Å². The number of ether oxygens (including phenoxy) is 2. The molecule has 21 heavy (non-hydrogen) atoms. The molecule has 0 unspecified atom stereocenters. The largest absolute Gasteiger partial charge is 0.497 e. The van der Waals surface area contributed by atoms with E-state index in [1.165, 1.54) is 22.2 Å². The van der Waals surface area contributed by atoms with E-state index in [0.717, 1.165) is 18.9 Å². The minimum atomic E-state index is 0.359. The van der Waals surface area contributed by atoms with Crippen molar-refractivity contribution in [1.29, 1.82) is 0 Å². The van der Waals surface area contributed by atoms with Crippen molar-refractivity contribution in [2.45, 2.75) is 12.6 Å². The van der Waals surface area contributed by atoms with Gasteiger partial charge in [0.2, 0.25) is 0 Å². The first-order valence-corrected chi connectivity index (χ1v) is 7.19. The fraction of sp³-hybridized carbons (Fsp3) is 0.222. The number of hydrogen-bond acceptors (Lipinski definition) is 2. The quantitative estimate of drug-likeness (QED) is 0.681. The summed E-state index contributed by atoms with van der Waals surface area (Å²) in [7, 11) is 1.69. The van der Waals surface area contributed by atoms with Crippen LogP contribution >= 0.6 is 0 Å². The molecule has 1 aromatic heterocycles. The predicted molar refractivity (Wildman–Crippen MR) is 83.7 cm³/mol. The van der Waals surface area contributed by atoms with Crippen LogP contribution in [0, 0.1) is 0 Å². The van der Waals surface area contributed by atoms with Gasteiger partial charge in [-0.15, -0.1) is 0 Å². The summed E-state index contributed by atoms with van der Waals surface area (Å²) in [5.74, 6) is 0.881. The van der Waals surface area contributed by atoms with Crippen molar-refractivity contribution in [2.24, 2.45) is 0 Å². The van der Waals surface area contributed by atoms with Crippen LogP contribution in [-0.4, -0.2) is 24.4 Å². The van der Waals surface area contributed by atoms with Gasteiger partial charge in [0.15, 0.2) is 0 Å². The van der Waals surface area contributed by atoms with E-state index in [1.807, 2.05) is 12.1 Å². The standard InChI is InChI=1S/C18H17NO2/c1-20-15-8-6-13(7-9-15)18-10-14-4-2-3-5-17(14)19(18)11-16-12-21-16/h2-10,16H,11-12H2,1H3/t16-/m0/s1. The molecule has 106 valence electrons. The Kier molecular flexibility index (Phi) is 2.93. The molecule has 1 aliphatic heterocycles. The van der Waals surface area contributed by atoms with Gasteiger partial charge < -0.3 is 14.0 Å². The molecule has 1 saturated heterocycles. The third kappa shape index (κ3) is 2.30. The number of rotatable bonds is 4. The van der Waals surface area contributed by atoms with Crippen molar-refractivity contribution in [2.75, 3.05) is 13.7 Å². The Morgan fingerprint density at radius 2 is 1.90 bits per heavy atom. The van der Waals surface area contributed by atoms with Crippen molar-refractivity contribution in [1.82, 2.24) is 4.57 Å². The molecular formula is C18H17NO2. The molecule has 0 saturated carbocycles. The minimum Gasteiger partial charge on any atom is -0.497 e. The van der Waals surface area contributed by atoms with Crippen molar-refractivity contribution in [3.8, 4) is 17.0 Å². The van der Waals surface area contributed by atoms with Crippen LogP contribution in [0.1, 0.15) is 0 Å². The van der Waals surface area contributed by atoms with Crippen molar-refractivity contribution >= 4 is 10.9 Å². The van der Waals surface area contributed by atoms with E-state index in [-0.39, 0.29) is 0 Å². The number of hydrogen-bond donors (Lipinski definition) is 0. The zero-order valence-electron chi connectivity index (χ0n) is 12.0. The maximum absolute atomic E-state index is 5.42. The first-order valence-electron chi connectivity index (χ1n) is 7.19. The lowest BCUT2D eigenvalue weighted by molar-refractivity contribution is 0.386.